The summed E-state index contributed by atoms with van der Waals surface area (Å²) in [4.78, 5) is 26.5. The number of anilines is 1. The molecule has 0 aliphatic carbocycles. The van der Waals surface area contributed by atoms with Gasteiger partial charge < -0.3 is 10.2 Å². The minimum absolute atomic E-state index is 0.00794. The third-order valence-corrected chi connectivity index (χ3v) is 4.70. The van der Waals surface area contributed by atoms with E-state index in [1.165, 1.54) is 5.56 Å². The second kappa shape index (κ2) is 8.55. The predicted octanol–water partition coefficient (Wildman–Crippen LogP) is 3.33. The van der Waals surface area contributed by atoms with E-state index in [1.807, 2.05) is 48.5 Å². The molecule has 4 nitrogen and oxygen atoms in total. The molecule has 1 saturated heterocycles. The molecule has 0 aromatic heterocycles. The van der Waals surface area contributed by atoms with Crippen molar-refractivity contribution in [3.63, 3.8) is 0 Å². The molecule has 1 aliphatic heterocycles. The van der Waals surface area contributed by atoms with E-state index in [9.17, 15) is 9.59 Å². The second-order valence-corrected chi connectivity index (χ2v) is 7.04. The van der Waals surface area contributed by atoms with Crippen molar-refractivity contribution < 1.29 is 9.59 Å². The molecular formula is C23H24N2O2. The average molecular weight is 360 g/mol. The van der Waals surface area contributed by atoms with Crippen molar-refractivity contribution in [3.8, 4) is 11.8 Å². The molecule has 1 unspecified atom stereocenters. The fraction of sp³-hybridized carbons (Fsp3) is 0.304. The van der Waals surface area contributed by atoms with Gasteiger partial charge >= 0.3 is 0 Å². The van der Waals surface area contributed by atoms with Crippen LogP contribution in [0.15, 0.2) is 54.6 Å². The smallest absolute Gasteiger partial charge is 0.227 e. The van der Waals surface area contributed by atoms with Gasteiger partial charge in [0.2, 0.25) is 11.8 Å². The van der Waals surface area contributed by atoms with Gasteiger partial charge in [0.1, 0.15) is 0 Å². The molecule has 0 saturated carbocycles. The summed E-state index contributed by atoms with van der Waals surface area (Å²) in [6.07, 6.45) is 0.240. The van der Waals surface area contributed by atoms with Crippen LogP contribution in [0.5, 0.6) is 0 Å². The van der Waals surface area contributed by atoms with Crippen molar-refractivity contribution in [1.82, 2.24) is 5.32 Å². The van der Waals surface area contributed by atoms with E-state index in [1.54, 1.807) is 4.90 Å². The third-order valence-electron chi connectivity index (χ3n) is 4.70. The Labute approximate surface area is 160 Å². The number of hydrogen-bond donors (Lipinski definition) is 1. The molecule has 2 aromatic rings. The largest absolute Gasteiger partial charge is 0.345 e. The first-order valence-electron chi connectivity index (χ1n) is 9.26. The summed E-state index contributed by atoms with van der Waals surface area (Å²) in [6.45, 7) is 4.94. The second-order valence-electron chi connectivity index (χ2n) is 7.04. The van der Waals surface area contributed by atoms with Crippen LogP contribution in [0.1, 0.15) is 37.3 Å². The highest BCUT2D eigenvalue weighted by atomic mass is 16.2. The van der Waals surface area contributed by atoms with E-state index >= 15 is 0 Å². The first kappa shape index (κ1) is 18.7. The van der Waals surface area contributed by atoms with Crippen LogP contribution in [0.3, 0.4) is 0 Å². The molecule has 0 radical (unpaired) electrons. The van der Waals surface area contributed by atoms with Crippen LogP contribution in [0.2, 0.25) is 0 Å². The number of carbonyl (C=O) groups excluding carboxylic acids is 2. The Morgan fingerprint density at radius 2 is 1.96 bits per heavy atom. The molecule has 138 valence electrons. The van der Waals surface area contributed by atoms with Gasteiger partial charge in [-0.2, -0.15) is 0 Å². The maximum atomic E-state index is 12.4. The van der Waals surface area contributed by atoms with E-state index in [4.69, 9.17) is 0 Å². The van der Waals surface area contributed by atoms with Crippen LogP contribution in [0.4, 0.5) is 5.69 Å². The van der Waals surface area contributed by atoms with Crippen molar-refractivity contribution in [1.29, 1.82) is 0 Å². The molecule has 27 heavy (non-hydrogen) atoms. The lowest BCUT2D eigenvalue weighted by Crippen LogP contribution is -2.33. The highest BCUT2D eigenvalue weighted by Crippen LogP contribution is 2.27. The van der Waals surface area contributed by atoms with Gasteiger partial charge in [0.25, 0.3) is 0 Å². The van der Waals surface area contributed by atoms with Crippen LogP contribution in [-0.2, 0) is 9.59 Å². The predicted molar refractivity (Wildman–Crippen MR) is 107 cm³/mol. The molecule has 4 heteroatoms. The Hall–Kier alpha value is -3.06. The Morgan fingerprint density at radius 1 is 1.19 bits per heavy atom. The fourth-order valence-corrected chi connectivity index (χ4v) is 3.13. The lowest BCUT2D eigenvalue weighted by molar-refractivity contribution is -0.126. The standard InChI is InChI=1S/C23H24N2O2/c1-17(2)19-11-6-12-21(14-19)25-16-20(15-22(25)26)23(27)24-13-7-10-18-8-4-3-5-9-18/h3-6,8-9,11-12,14,17,20H,13,15-16H2,1-2H3,(H,24,27). The van der Waals surface area contributed by atoms with Gasteiger partial charge in [-0.3, -0.25) is 9.59 Å². The van der Waals surface area contributed by atoms with Crippen molar-refractivity contribution in [2.24, 2.45) is 5.92 Å². The van der Waals surface area contributed by atoms with E-state index in [0.717, 1.165) is 11.3 Å². The van der Waals surface area contributed by atoms with Gasteiger partial charge in [0, 0.05) is 24.2 Å². The molecule has 1 fully saturated rings. The SMILES string of the molecule is CC(C)c1cccc(N2CC(C(=O)NCC#Cc3ccccc3)CC2=O)c1. The van der Waals surface area contributed by atoms with Crippen LogP contribution in [0, 0.1) is 17.8 Å². The molecule has 3 rings (SSSR count). The zero-order valence-electron chi connectivity index (χ0n) is 15.7. The quantitative estimate of drug-likeness (QED) is 0.850. The molecular weight excluding hydrogens is 336 g/mol. The Balaban J connectivity index is 1.58. The average Bonchev–Trinajstić information content (AvgIpc) is 3.08. The van der Waals surface area contributed by atoms with Gasteiger partial charge in [-0.15, -0.1) is 0 Å². The lowest BCUT2D eigenvalue weighted by atomic mass is 10.0. The monoisotopic (exact) mass is 360 g/mol. The molecule has 2 aromatic carbocycles. The van der Waals surface area contributed by atoms with Gasteiger partial charge in [0.05, 0.1) is 12.5 Å². The van der Waals surface area contributed by atoms with Crippen molar-refractivity contribution in [3.05, 3.63) is 65.7 Å². The van der Waals surface area contributed by atoms with Crippen LogP contribution >= 0.6 is 0 Å². The number of hydrogen-bond acceptors (Lipinski definition) is 2. The Kier molecular flexibility index (Phi) is 5.93. The number of nitrogens with zero attached hydrogens (tertiary/aromatic N) is 1. The van der Waals surface area contributed by atoms with E-state index in [0.29, 0.717) is 12.5 Å². The Morgan fingerprint density at radius 3 is 2.70 bits per heavy atom. The zero-order chi connectivity index (χ0) is 19.2. The molecule has 0 spiro atoms. The summed E-state index contributed by atoms with van der Waals surface area (Å²) < 4.78 is 0. The third kappa shape index (κ3) is 4.77. The number of carbonyl (C=O) groups is 2. The molecule has 1 heterocycles. The van der Waals surface area contributed by atoms with Crippen LogP contribution < -0.4 is 10.2 Å². The van der Waals surface area contributed by atoms with Gasteiger partial charge in [-0.25, -0.2) is 0 Å². The van der Waals surface area contributed by atoms with Gasteiger partial charge in [-0.1, -0.05) is 56.0 Å². The first-order valence-corrected chi connectivity index (χ1v) is 9.26. The maximum absolute atomic E-state index is 12.4. The zero-order valence-corrected chi connectivity index (χ0v) is 15.7. The number of nitrogens with one attached hydrogen (secondary N) is 1. The number of amides is 2. The summed E-state index contributed by atoms with van der Waals surface area (Å²) in [5.41, 5.74) is 2.97. The maximum Gasteiger partial charge on any atom is 0.227 e. The summed E-state index contributed by atoms with van der Waals surface area (Å²) in [5.74, 6) is 5.89. The van der Waals surface area contributed by atoms with Crippen molar-refractivity contribution in [2.45, 2.75) is 26.2 Å². The van der Waals surface area contributed by atoms with Crippen LogP contribution in [-0.4, -0.2) is 24.9 Å². The summed E-state index contributed by atoms with van der Waals surface area (Å²) in [7, 11) is 0. The van der Waals surface area contributed by atoms with Crippen molar-refractivity contribution in [2.75, 3.05) is 18.0 Å². The van der Waals surface area contributed by atoms with Crippen LogP contribution in [0.25, 0.3) is 0 Å². The minimum atomic E-state index is -0.335. The normalized spacial score (nSPS) is 16.2. The van der Waals surface area contributed by atoms with E-state index in [-0.39, 0.29) is 30.7 Å². The first-order chi connectivity index (χ1) is 13.0. The summed E-state index contributed by atoms with van der Waals surface area (Å²) in [6, 6.07) is 17.6. The van der Waals surface area contributed by atoms with Gasteiger partial charge in [0.15, 0.2) is 0 Å². The molecule has 0 bridgehead atoms. The van der Waals surface area contributed by atoms with Crippen molar-refractivity contribution >= 4 is 17.5 Å². The molecule has 1 aliphatic rings. The topological polar surface area (TPSA) is 49.4 Å². The fourth-order valence-electron chi connectivity index (χ4n) is 3.13. The summed E-state index contributed by atoms with van der Waals surface area (Å²) in [5, 5.41) is 2.83. The Bertz CT molecular complexity index is 878. The molecule has 1 atom stereocenters. The van der Waals surface area contributed by atoms with E-state index < -0.39 is 0 Å². The number of benzene rings is 2. The summed E-state index contributed by atoms with van der Waals surface area (Å²) >= 11 is 0. The lowest BCUT2D eigenvalue weighted by Gasteiger charge is -2.18. The highest BCUT2D eigenvalue weighted by Gasteiger charge is 2.35. The molecule has 1 N–H and O–H groups in total. The highest BCUT2D eigenvalue weighted by molar-refractivity contribution is 6.00. The number of rotatable bonds is 4. The molecule has 2 amide bonds. The van der Waals surface area contributed by atoms with E-state index in [2.05, 4.69) is 37.1 Å². The van der Waals surface area contributed by atoms with Gasteiger partial charge in [-0.05, 0) is 35.7 Å². The minimum Gasteiger partial charge on any atom is -0.345 e.